The summed E-state index contributed by atoms with van der Waals surface area (Å²) in [7, 11) is 5.27. The Bertz CT molecular complexity index is 1070. The molecule has 0 aromatic heterocycles. The van der Waals surface area contributed by atoms with Crippen LogP contribution >= 0.6 is 0 Å². The summed E-state index contributed by atoms with van der Waals surface area (Å²) in [6, 6.07) is 15.3. The van der Waals surface area contributed by atoms with Gasteiger partial charge in [-0.05, 0) is 68.6 Å². The summed E-state index contributed by atoms with van der Waals surface area (Å²) in [5, 5.41) is 12.4. The van der Waals surface area contributed by atoms with Gasteiger partial charge in [-0.15, -0.1) is 0 Å². The topological polar surface area (TPSA) is 99.2 Å². The van der Waals surface area contributed by atoms with E-state index in [0.717, 1.165) is 28.7 Å². The van der Waals surface area contributed by atoms with Crippen LogP contribution < -0.4 is 5.32 Å². The molecule has 35 heavy (non-hydrogen) atoms. The SMILES string of the molecule is CN(C)CCC(NC(=O)OCC1c2ccccc2-c2ccccc21)C(=O)N(C)C1(C(=O)O)CCC1. The van der Waals surface area contributed by atoms with E-state index in [1.807, 2.05) is 55.4 Å². The molecule has 0 saturated heterocycles. The molecule has 0 spiro atoms. The molecule has 2 aliphatic carbocycles. The number of carboxylic acids is 1. The highest BCUT2D eigenvalue weighted by molar-refractivity contribution is 5.91. The first kappa shape index (κ1) is 24.7. The van der Waals surface area contributed by atoms with Crippen LogP contribution in [0.5, 0.6) is 0 Å². The number of carbonyl (C=O) groups excluding carboxylic acids is 2. The van der Waals surface area contributed by atoms with E-state index in [4.69, 9.17) is 4.74 Å². The second-order valence-corrected chi connectivity index (χ2v) is 9.70. The molecule has 1 atom stereocenters. The smallest absolute Gasteiger partial charge is 0.407 e. The lowest BCUT2D eigenvalue weighted by atomic mass is 9.75. The average molecular weight is 480 g/mol. The maximum absolute atomic E-state index is 13.3. The van der Waals surface area contributed by atoms with Crippen LogP contribution in [0.4, 0.5) is 4.79 Å². The Morgan fingerprint density at radius 3 is 2.09 bits per heavy atom. The lowest BCUT2D eigenvalue weighted by molar-refractivity contribution is -0.165. The van der Waals surface area contributed by atoms with Crippen molar-refractivity contribution in [1.29, 1.82) is 0 Å². The quantitative estimate of drug-likeness (QED) is 0.573. The third-order valence-corrected chi connectivity index (χ3v) is 7.35. The fourth-order valence-electron chi connectivity index (χ4n) is 5.08. The number of fused-ring (bicyclic) bond motifs is 3. The van der Waals surface area contributed by atoms with Gasteiger partial charge < -0.3 is 25.0 Å². The second-order valence-electron chi connectivity index (χ2n) is 9.70. The van der Waals surface area contributed by atoms with E-state index in [0.29, 0.717) is 25.8 Å². The number of nitrogens with one attached hydrogen (secondary N) is 1. The minimum atomic E-state index is -1.20. The van der Waals surface area contributed by atoms with Gasteiger partial charge in [-0.1, -0.05) is 48.5 Å². The van der Waals surface area contributed by atoms with E-state index in [2.05, 4.69) is 17.4 Å². The Morgan fingerprint density at radius 1 is 1.03 bits per heavy atom. The zero-order chi connectivity index (χ0) is 25.2. The molecule has 2 N–H and O–H groups in total. The highest BCUT2D eigenvalue weighted by Crippen LogP contribution is 2.44. The number of amides is 2. The maximum Gasteiger partial charge on any atom is 0.407 e. The molecule has 2 aliphatic rings. The van der Waals surface area contributed by atoms with E-state index in [1.54, 1.807) is 0 Å². The Hall–Kier alpha value is -3.39. The minimum absolute atomic E-state index is 0.0861. The third-order valence-electron chi connectivity index (χ3n) is 7.35. The summed E-state index contributed by atoms with van der Waals surface area (Å²) < 4.78 is 5.63. The van der Waals surface area contributed by atoms with Crippen LogP contribution in [0.1, 0.15) is 42.7 Å². The zero-order valence-corrected chi connectivity index (χ0v) is 20.5. The number of nitrogens with zero attached hydrogens (tertiary/aromatic N) is 2. The fourth-order valence-corrected chi connectivity index (χ4v) is 5.08. The highest BCUT2D eigenvalue weighted by atomic mass is 16.5. The first-order chi connectivity index (χ1) is 16.7. The molecule has 2 amide bonds. The van der Waals surface area contributed by atoms with Gasteiger partial charge in [0.15, 0.2) is 0 Å². The van der Waals surface area contributed by atoms with Crippen molar-refractivity contribution < 1.29 is 24.2 Å². The number of benzene rings is 2. The Balaban J connectivity index is 1.45. The Kier molecular flexibility index (Phi) is 7.12. The van der Waals surface area contributed by atoms with Crippen LogP contribution in [-0.2, 0) is 14.3 Å². The molecule has 8 heteroatoms. The van der Waals surface area contributed by atoms with Gasteiger partial charge in [0, 0.05) is 13.0 Å². The molecular formula is C27H33N3O5. The standard InChI is InChI=1S/C27H33N3O5/c1-29(2)16-13-23(24(31)30(3)27(25(32)33)14-8-15-27)28-26(34)35-17-22-20-11-6-4-9-18(20)19-10-5-7-12-21(19)22/h4-7,9-12,22-23H,8,13-17H2,1-3H3,(H,28,34)(H,32,33). The lowest BCUT2D eigenvalue weighted by Gasteiger charge is -2.45. The van der Waals surface area contributed by atoms with Crippen molar-refractivity contribution in [3.05, 3.63) is 59.7 Å². The second kappa shape index (κ2) is 10.1. The van der Waals surface area contributed by atoms with Crippen molar-refractivity contribution in [2.45, 2.75) is 43.2 Å². The van der Waals surface area contributed by atoms with Gasteiger partial charge in [-0.25, -0.2) is 9.59 Å². The van der Waals surface area contributed by atoms with Gasteiger partial charge in [0.05, 0.1) is 0 Å². The number of ether oxygens (including phenoxy) is 1. The van der Waals surface area contributed by atoms with Crippen molar-refractivity contribution in [2.24, 2.45) is 0 Å². The molecule has 8 nitrogen and oxygen atoms in total. The summed E-state index contributed by atoms with van der Waals surface area (Å²) in [4.78, 5) is 41.2. The molecule has 4 rings (SSSR count). The highest BCUT2D eigenvalue weighted by Gasteiger charge is 2.50. The summed E-state index contributed by atoms with van der Waals surface area (Å²) >= 11 is 0. The molecule has 0 radical (unpaired) electrons. The Labute approximate surface area is 205 Å². The molecule has 1 fully saturated rings. The molecular weight excluding hydrogens is 446 g/mol. The third kappa shape index (κ3) is 4.75. The molecule has 0 bridgehead atoms. The summed E-state index contributed by atoms with van der Waals surface area (Å²) in [6.45, 7) is 0.692. The number of rotatable bonds is 9. The molecule has 1 unspecified atom stereocenters. The van der Waals surface area contributed by atoms with Gasteiger partial charge in [0.2, 0.25) is 5.91 Å². The maximum atomic E-state index is 13.3. The molecule has 1 saturated carbocycles. The fraction of sp³-hybridized carbons (Fsp3) is 0.444. The van der Waals surface area contributed by atoms with Crippen LogP contribution in [0.3, 0.4) is 0 Å². The first-order valence-electron chi connectivity index (χ1n) is 12.0. The van der Waals surface area contributed by atoms with Gasteiger partial charge in [0.1, 0.15) is 18.2 Å². The number of hydrogen-bond acceptors (Lipinski definition) is 5. The van der Waals surface area contributed by atoms with Gasteiger partial charge >= 0.3 is 12.1 Å². The van der Waals surface area contributed by atoms with E-state index >= 15 is 0 Å². The predicted octanol–water partition coefficient (Wildman–Crippen LogP) is 3.31. The van der Waals surface area contributed by atoms with Crippen LogP contribution in [0.25, 0.3) is 11.1 Å². The molecule has 2 aromatic rings. The van der Waals surface area contributed by atoms with Crippen LogP contribution in [0.15, 0.2) is 48.5 Å². The number of hydrogen-bond donors (Lipinski definition) is 2. The summed E-state index contributed by atoms with van der Waals surface area (Å²) in [6.07, 6.45) is 1.24. The van der Waals surface area contributed by atoms with Gasteiger partial charge in [-0.3, -0.25) is 4.79 Å². The minimum Gasteiger partial charge on any atom is -0.479 e. The Morgan fingerprint density at radius 2 is 1.60 bits per heavy atom. The number of carboxylic acid groups (broad SMARTS) is 1. The monoisotopic (exact) mass is 479 g/mol. The first-order valence-corrected chi connectivity index (χ1v) is 12.0. The van der Waals surface area contributed by atoms with E-state index in [-0.39, 0.29) is 12.5 Å². The number of carbonyl (C=O) groups is 3. The zero-order valence-electron chi connectivity index (χ0n) is 20.5. The van der Waals surface area contributed by atoms with Crippen molar-refractivity contribution in [3.63, 3.8) is 0 Å². The average Bonchev–Trinajstić information content (AvgIpc) is 3.12. The van der Waals surface area contributed by atoms with Crippen molar-refractivity contribution in [3.8, 4) is 11.1 Å². The van der Waals surface area contributed by atoms with Crippen LogP contribution in [0.2, 0.25) is 0 Å². The van der Waals surface area contributed by atoms with Crippen LogP contribution in [0, 0.1) is 0 Å². The lowest BCUT2D eigenvalue weighted by Crippen LogP contribution is -2.63. The molecule has 186 valence electrons. The molecule has 0 aliphatic heterocycles. The number of alkyl carbamates (subject to hydrolysis) is 1. The van der Waals surface area contributed by atoms with E-state index < -0.39 is 29.6 Å². The van der Waals surface area contributed by atoms with Gasteiger partial charge in [0.25, 0.3) is 0 Å². The van der Waals surface area contributed by atoms with Crippen molar-refractivity contribution in [2.75, 3.05) is 34.3 Å². The largest absolute Gasteiger partial charge is 0.479 e. The predicted molar refractivity (Wildman–Crippen MR) is 132 cm³/mol. The summed E-state index contributed by atoms with van der Waals surface area (Å²) in [5.74, 6) is -1.51. The molecule has 2 aromatic carbocycles. The van der Waals surface area contributed by atoms with Crippen molar-refractivity contribution in [1.82, 2.24) is 15.1 Å². The van der Waals surface area contributed by atoms with E-state index in [9.17, 15) is 19.5 Å². The van der Waals surface area contributed by atoms with Gasteiger partial charge in [-0.2, -0.15) is 0 Å². The number of likely N-dealkylation sites (N-methyl/N-ethyl adjacent to an activating group) is 1. The normalized spacial score (nSPS) is 16.6. The number of aliphatic carboxylic acids is 1. The molecule has 0 heterocycles. The van der Waals surface area contributed by atoms with Crippen molar-refractivity contribution >= 4 is 18.0 Å². The summed E-state index contributed by atoms with van der Waals surface area (Å²) in [5.41, 5.74) is 3.29. The van der Waals surface area contributed by atoms with Crippen LogP contribution in [-0.4, -0.2) is 78.8 Å². The van der Waals surface area contributed by atoms with E-state index in [1.165, 1.54) is 11.9 Å².